The third-order valence-electron chi connectivity index (χ3n) is 11.2. The van der Waals surface area contributed by atoms with Crippen LogP contribution in [0, 0.1) is 40.9 Å². The van der Waals surface area contributed by atoms with Crippen LogP contribution in [-0.4, -0.2) is 41.3 Å². The number of rotatable bonds is 0. The molecule has 0 unspecified atom stereocenters. The SMILES string of the molecule is CC1=C2C[C@H]3[C@@H](CC(=O)[C@H]4C[C@@H](O)CC[C@@]43C)[C@@H]2CC[C@]12O[C@@H]1C[C@H](C)CN[C@@H]1[C@H]2C. The molecule has 0 radical (unpaired) electrons. The van der Waals surface area contributed by atoms with E-state index in [0.717, 1.165) is 38.6 Å². The third-order valence-corrected chi connectivity index (χ3v) is 11.2. The first-order chi connectivity index (χ1) is 14.7. The number of piperidine rings is 1. The fraction of sp³-hybridized carbons (Fsp3) is 0.889. The van der Waals surface area contributed by atoms with E-state index in [9.17, 15) is 9.90 Å². The van der Waals surface area contributed by atoms with E-state index >= 15 is 0 Å². The number of carbonyl (C=O) groups is 1. The van der Waals surface area contributed by atoms with Gasteiger partial charge in [-0.3, -0.25) is 4.79 Å². The Kier molecular flexibility index (Phi) is 4.64. The van der Waals surface area contributed by atoms with Crippen LogP contribution in [-0.2, 0) is 9.53 Å². The molecule has 6 aliphatic rings. The molecule has 0 amide bonds. The van der Waals surface area contributed by atoms with E-state index in [4.69, 9.17) is 4.74 Å². The lowest BCUT2D eigenvalue weighted by Crippen LogP contribution is -2.51. The minimum atomic E-state index is -0.280. The summed E-state index contributed by atoms with van der Waals surface area (Å²) in [6.45, 7) is 10.6. The van der Waals surface area contributed by atoms with Crippen LogP contribution in [0.3, 0.4) is 0 Å². The Labute approximate surface area is 187 Å². The second kappa shape index (κ2) is 6.90. The number of ketones is 1. The number of Topliss-reactive ketones (excluding diaryl/α,β-unsaturated/α-hetero) is 1. The third kappa shape index (κ3) is 2.74. The van der Waals surface area contributed by atoms with Crippen molar-refractivity contribution >= 4 is 5.78 Å². The summed E-state index contributed by atoms with van der Waals surface area (Å²) in [6.07, 6.45) is 8.02. The van der Waals surface area contributed by atoms with E-state index in [1.54, 1.807) is 5.57 Å². The fourth-order valence-electron chi connectivity index (χ4n) is 9.46. The number of allylic oxidation sites excluding steroid dienone is 1. The number of nitrogens with one attached hydrogen (secondary N) is 1. The van der Waals surface area contributed by atoms with Crippen LogP contribution in [0.4, 0.5) is 0 Å². The van der Waals surface area contributed by atoms with E-state index in [1.165, 1.54) is 18.4 Å². The smallest absolute Gasteiger partial charge is 0.136 e. The van der Waals surface area contributed by atoms with Gasteiger partial charge in [0.05, 0.1) is 17.8 Å². The summed E-state index contributed by atoms with van der Waals surface area (Å²) < 4.78 is 7.00. The molecule has 4 heteroatoms. The second-order valence-electron chi connectivity index (χ2n) is 12.5. The van der Waals surface area contributed by atoms with Crippen molar-refractivity contribution in [2.75, 3.05) is 6.54 Å². The summed E-state index contributed by atoms with van der Waals surface area (Å²) >= 11 is 0. The molecular formula is C27H41NO3. The first-order valence-electron chi connectivity index (χ1n) is 13.1. The van der Waals surface area contributed by atoms with Crippen LogP contribution < -0.4 is 5.32 Å². The minimum Gasteiger partial charge on any atom is -0.393 e. The average Bonchev–Trinajstić information content (AvgIpc) is 3.23. The van der Waals surface area contributed by atoms with Gasteiger partial charge in [0, 0.05) is 24.3 Å². The number of carbonyl (C=O) groups excluding carboxylic acids is 1. The molecular weight excluding hydrogens is 386 g/mol. The zero-order valence-electron chi connectivity index (χ0n) is 19.8. The molecule has 2 N–H and O–H groups in total. The number of fused-ring (bicyclic) bond motifs is 6. The topological polar surface area (TPSA) is 58.6 Å². The first kappa shape index (κ1) is 20.9. The lowest BCUT2D eigenvalue weighted by Gasteiger charge is -2.52. The number of hydrogen-bond donors (Lipinski definition) is 2. The van der Waals surface area contributed by atoms with Gasteiger partial charge in [-0.15, -0.1) is 0 Å². The van der Waals surface area contributed by atoms with Crippen LogP contribution in [0.1, 0.15) is 79.1 Å². The van der Waals surface area contributed by atoms with Crippen LogP contribution in [0.2, 0.25) is 0 Å². The molecule has 0 aromatic rings. The monoisotopic (exact) mass is 427 g/mol. The average molecular weight is 428 g/mol. The van der Waals surface area contributed by atoms with E-state index in [-0.39, 0.29) is 23.0 Å². The van der Waals surface area contributed by atoms with E-state index in [0.29, 0.717) is 53.9 Å². The molecule has 3 saturated carbocycles. The zero-order valence-corrected chi connectivity index (χ0v) is 19.8. The fourth-order valence-corrected chi connectivity index (χ4v) is 9.46. The van der Waals surface area contributed by atoms with Crippen LogP contribution in [0.15, 0.2) is 11.1 Å². The van der Waals surface area contributed by atoms with Gasteiger partial charge in [0.2, 0.25) is 0 Å². The van der Waals surface area contributed by atoms with Gasteiger partial charge in [-0.05, 0) is 93.1 Å². The van der Waals surface area contributed by atoms with Crippen LogP contribution in [0.25, 0.3) is 0 Å². The van der Waals surface area contributed by atoms with Crippen molar-refractivity contribution in [3.8, 4) is 0 Å². The largest absolute Gasteiger partial charge is 0.393 e. The van der Waals surface area contributed by atoms with Crippen LogP contribution >= 0.6 is 0 Å². The quantitative estimate of drug-likeness (QED) is 0.567. The lowest BCUT2D eigenvalue weighted by atomic mass is 9.51. The standard InChI is InChI=1S/C27H41NO3/c1-14-9-24-25(28-13-14)16(3)27(31-24)8-6-18-19(15(27)2)11-21-20(18)12-23(30)22-10-17(29)5-7-26(21,22)4/h14,16-18,20-22,24-25,28-29H,5-13H2,1-4H3/t14-,16+,17-,18+,20-,21-,22+,24+,25+,26+,27-/m0/s1. The van der Waals surface area contributed by atoms with Crippen LogP contribution in [0.5, 0.6) is 0 Å². The molecule has 2 aliphatic heterocycles. The molecule has 4 nitrogen and oxygen atoms in total. The van der Waals surface area contributed by atoms with Crippen molar-refractivity contribution in [3.05, 3.63) is 11.1 Å². The summed E-state index contributed by atoms with van der Waals surface area (Å²) in [7, 11) is 0. The minimum absolute atomic E-state index is 0.0720. The molecule has 6 rings (SSSR count). The van der Waals surface area contributed by atoms with Gasteiger partial charge in [0.1, 0.15) is 5.78 Å². The highest BCUT2D eigenvalue weighted by Gasteiger charge is 2.62. The van der Waals surface area contributed by atoms with Crippen molar-refractivity contribution in [3.63, 3.8) is 0 Å². The summed E-state index contributed by atoms with van der Waals surface area (Å²) in [5.74, 6) is 3.41. The van der Waals surface area contributed by atoms with Gasteiger partial charge >= 0.3 is 0 Å². The maximum atomic E-state index is 13.2. The molecule has 0 bridgehead atoms. The van der Waals surface area contributed by atoms with Gasteiger partial charge in [-0.25, -0.2) is 0 Å². The number of aliphatic hydroxyl groups excluding tert-OH is 1. The first-order valence-corrected chi connectivity index (χ1v) is 13.1. The predicted molar refractivity (Wildman–Crippen MR) is 120 cm³/mol. The second-order valence-corrected chi connectivity index (χ2v) is 12.5. The highest BCUT2D eigenvalue weighted by molar-refractivity contribution is 5.83. The Balaban J connectivity index is 1.35. The molecule has 2 saturated heterocycles. The number of hydrogen-bond acceptors (Lipinski definition) is 4. The summed E-state index contributed by atoms with van der Waals surface area (Å²) in [5.41, 5.74) is 3.15. The van der Waals surface area contributed by atoms with Crippen molar-refractivity contribution in [2.24, 2.45) is 40.9 Å². The van der Waals surface area contributed by atoms with Crippen molar-refractivity contribution in [1.29, 1.82) is 0 Å². The Bertz CT molecular complexity index is 821. The Morgan fingerprint density at radius 1 is 1.13 bits per heavy atom. The Morgan fingerprint density at radius 2 is 1.94 bits per heavy atom. The summed E-state index contributed by atoms with van der Waals surface area (Å²) in [6, 6.07) is 0.482. The zero-order chi connectivity index (χ0) is 21.7. The van der Waals surface area contributed by atoms with Crippen molar-refractivity contribution in [2.45, 2.75) is 103 Å². The highest BCUT2D eigenvalue weighted by Crippen LogP contribution is 2.65. The molecule has 5 fully saturated rings. The molecule has 31 heavy (non-hydrogen) atoms. The lowest BCUT2D eigenvalue weighted by molar-refractivity contribution is -0.145. The van der Waals surface area contributed by atoms with Gasteiger partial charge < -0.3 is 15.2 Å². The molecule has 4 aliphatic carbocycles. The molecule has 0 aromatic carbocycles. The highest BCUT2D eigenvalue weighted by atomic mass is 16.5. The summed E-state index contributed by atoms with van der Waals surface area (Å²) in [5, 5.41) is 14.1. The van der Waals surface area contributed by atoms with E-state index < -0.39 is 0 Å². The van der Waals surface area contributed by atoms with Gasteiger partial charge in [0.15, 0.2) is 0 Å². The molecule has 1 spiro atoms. The van der Waals surface area contributed by atoms with Gasteiger partial charge in [-0.2, -0.15) is 0 Å². The molecule has 172 valence electrons. The maximum Gasteiger partial charge on any atom is 0.136 e. The maximum absolute atomic E-state index is 13.2. The molecule has 2 heterocycles. The Hall–Kier alpha value is -0.710. The Morgan fingerprint density at radius 3 is 2.74 bits per heavy atom. The molecule has 0 aromatic heterocycles. The van der Waals surface area contributed by atoms with E-state index in [2.05, 4.69) is 33.0 Å². The predicted octanol–water partition coefficient (Wildman–Crippen LogP) is 4.26. The van der Waals surface area contributed by atoms with Crippen molar-refractivity contribution in [1.82, 2.24) is 5.32 Å². The number of ether oxygens (including phenoxy) is 1. The summed E-state index contributed by atoms with van der Waals surface area (Å²) in [4.78, 5) is 13.2. The van der Waals surface area contributed by atoms with E-state index in [1.807, 2.05) is 0 Å². The number of aliphatic hydroxyl groups is 1. The van der Waals surface area contributed by atoms with Gasteiger partial charge in [-0.1, -0.05) is 26.3 Å². The normalized spacial score (nSPS) is 56.3. The van der Waals surface area contributed by atoms with Crippen molar-refractivity contribution < 1.29 is 14.6 Å². The van der Waals surface area contributed by atoms with Gasteiger partial charge in [0.25, 0.3) is 0 Å². The molecule has 11 atom stereocenters.